The summed E-state index contributed by atoms with van der Waals surface area (Å²) in [6, 6.07) is 10.1. The van der Waals surface area contributed by atoms with Gasteiger partial charge < -0.3 is 5.32 Å². The van der Waals surface area contributed by atoms with Crippen LogP contribution in [0, 0.1) is 0 Å². The molecule has 5 nitrogen and oxygen atoms in total. The van der Waals surface area contributed by atoms with Gasteiger partial charge in [0.15, 0.2) is 0 Å². The van der Waals surface area contributed by atoms with E-state index >= 15 is 0 Å². The Morgan fingerprint density at radius 2 is 2.10 bits per heavy atom. The summed E-state index contributed by atoms with van der Waals surface area (Å²) in [6.07, 6.45) is 2.24. The topological polar surface area (TPSA) is 51.9 Å². The summed E-state index contributed by atoms with van der Waals surface area (Å²) < 4.78 is 3.26. The van der Waals surface area contributed by atoms with Gasteiger partial charge in [0.05, 0.1) is 6.54 Å². The van der Waals surface area contributed by atoms with E-state index in [-0.39, 0.29) is 18.1 Å². The molecule has 1 aliphatic heterocycles. The summed E-state index contributed by atoms with van der Waals surface area (Å²) in [6.45, 7) is 2.57. The van der Waals surface area contributed by atoms with Crippen molar-refractivity contribution in [1.82, 2.24) is 19.7 Å². The number of rotatable bonds is 3. The molecule has 1 saturated heterocycles. The van der Waals surface area contributed by atoms with Crippen LogP contribution >= 0.6 is 12.4 Å². The average Bonchev–Trinajstić information content (AvgIpc) is 2.78. The molecule has 1 fully saturated rings. The number of nitrogens with zero attached hydrogens (tertiary/aromatic N) is 3. The van der Waals surface area contributed by atoms with Crippen molar-refractivity contribution in [2.45, 2.75) is 25.3 Å². The lowest BCUT2D eigenvalue weighted by Gasteiger charge is -2.22. The maximum atomic E-state index is 12.3. The van der Waals surface area contributed by atoms with E-state index in [0.717, 1.165) is 37.3 Å². The van der Waals surface area contributed by atoms with Crippen LogP contribution in [0.2, 0.25) is 0 Å². The molecule has 6 heteroatoms. The molecule has 1 aliphatic rings. The molecular weight excluding hydrogens is 288 g/mol. The van der Waals surface area contributed by atoms with Gasteiger partial charge in [0, 0.05) is 19.5 Å². The minimum absolute atomic E-state index is 0. The molecule has 1 aromatic carbocycles. The van der Waals surface area contributed by atoms with Crippen molar-refractivity contribution in [1.29, 1.82) is 0 Å². The molecule has 0 spiro atoms. The van der Waals surface area contributed by atoms with E-state index in [1.807, 2.05) is 34.9 Å². The Balaban J connectivity index is 0.00000161. The highest BCUT2D eigenvalue weighted by Crippen LogP contribution is 2.21. The summed E-state index contributed by atoms with van der Waals surface area (Å²) >= 11 is 0. The van der Waals surface area contributed by atoms with Gasteiger partial charge in [0.25, 0.3) is 0 Å². The Kier molecular flexibility index (Phi) is 5.20. The Labute approximate surface area is 130 Å². The molecule has 1 atom stereocenters. The van der Waals surface area contributed by atoms with Crippen LogP contribution in [-0.4, -0.2) is 27.4 Å². The van der Waals surface area contributed by atoms with Crippen molar-refractivity contribution in [2.24, 2.45) is 7.05 Å². The van der Waals surface area contributed by atoms with Crippen molar-refractivity contribution in [2.75, 3.05) is 13.1 Å². The molecule has 2 heterocycles. The van der Waals surface area contributed by atoms with Crippen LogP contribution in [0.3, 0.4) is 0 Å². The second kappa shape index (κ2) is 6.91. The van der Waals surface area contributed by atoms with Crippen molar-refractivity contribution < 1.29 is 0 Å². The van der Waals surface area contributed by atoms with E-state index < -0.39 is 0 Å². The number of nitrogens with one attached hydrogen (secondary N) is 1. The highest BCUT2D eigenvalue weighted by atomic mass is 35.5. The number of halogens is 1. The van der Waals surface area contributed by atoms with E-state index in [9.17, 15) is 4.79 Å². The molecule has 0 amide bonds. The van der Waals surface area contributed by atoms with Crippen LogP contribution in [0.5, 0.6) is 0 Å². The van der Waals surface area contributed by atoms with Crippen molar-refractivity contribution >= 4 is 12.4 Å². The Bertz CT molecular complexity index is 629. The predicted octanol–water partition coefficient (Wildman–Crippen LogP) is 1.52. The maximum Gasteiger partial charge on any atom is 0.345 e. The first kappa shape index (κ1) is 15.8. The van der Waals surface area contributed by atoms with Gasteiger partial charge in [0.1, 0.15) is 5.82 Å². The molecule has 21 heavy (non-hydrogen) atoms. The van der Waals surface area contributed by atoms with Gasteiger partial charge in [-0.25, -0.2) is 9.48 Å². The maximum absolute atomic E-state index is 12.3. The van der Waals surface area contributed by atoms with Gasteiger partial charge in [0.2, 0.25) is 0 Å². The molecule has 0 bridgehead atoms. The molecule has 1 aromatic heterocycles. The molecule has 0 radical (unpaired) electrons. The summed E-state index contributed by atoms with van der Waals surface area (Å²) in [5.74, 6) is 1.25. The minimum atomic E-state index is -0.0329. The van der Waals surface area contributed by atoms with Crippen molar-refractivity contribution in [3.8, 4) is 0 Å². The third-order valence-electron chi connectivity index (χ3n) is 3.88. The third kappa shape index (κ3) is 3.36. The Hall–Kier alpha value is -1.59. The fraction of sp³-hybridized carbons (Fsp3) is 0.467. The highest BCUT2D eigenvalue weighted by Gasteiger charge is 2.23. The number of benzene rings is 1. The first-order chi connectivity index (χ1) is 9.75. The van der Waals surface area contributed by atoms with E-state index in [1.54, 1.807) is 7.05 Å². The van der Waals surface area contributed by atoms with Crippen LogP contribution in [-0.2, 0) is 13.6 Å². The summed E-state index contributed by atoms with van der Waals surface area (Å²) in [4.78, 5) is 12.3. The second-order valence-electron chi connectivity index (χ2n) is 5.38. The van der Waals surface area contributed by atoms with Gasteiger partial charge in [-0.05, 0) is 24.9 Å². The fourth-order valence-electron chi connectivity index (χ4n) is 2.81. The first-order valence-corrected chi connectivity index (χ1v) is 7.14. The van der Waals surface area contributed by atoms with E-state index in [0.29, 0.717) is 12.5 Å². The van der Waals surface area contributed by atoms with Gasteiger partial charge in [-0.1, -0.05) is 30.3 Å². The lowest BCUT2D eigenvalue weighted by atomic mass is 9.99. The molecule has 114 valence electrons. The van der Waals surface area contributed by atoms with Crippen LogP contribution in [0.15, 0.2) is 35.1 Å². The zero-order valence-corrected chi connectivity index (χ0v) is 13.0. The zero-order chi connectivity index (χ0) is 13.9. The third-order valence-corrected chi connectivity index (χ3v) is 3.88. The smallest absolute Gasteiger partial charge is 0.316 e. The average molecular weight is 309 g/mol. The number of piperidine rings is 1. The zero-order valence-electron chi connectivity index (χ0n) is 12.2. The van der Waals surface area contributed by atoms with E-state index in [2.05, 4.69) is 10.4 Å². The van der Waals surface area contributed by atoms with Gasteiger partial charge in [-0.15, -0.1) is 12.4 Å². The van der Waals surface area contributed by atoms with E-state index in [4.69, 9.17) is 0 Å². The predicted molar refractivity (Wildman–Crippen MR) is 85.1 cm³/mol. The minimum Gasteiger partial charge on any atom is -0.316 e. The number of aromatic nitrogens is 3. The Morgan fingerprint density at radius 3 is 2.76 bits per heavy atom. The van der Waals surface area contributed by atoms with Gasteiger partial charge in [-0.3, -0.25) is 4.57 Å². The van der Waals surface area contributed by atoms with Crippen LogP contribution in [0.1, 0.15) is 30.1 Å². The number of hydrogen-bond acceptors (Lipinski definition) is 3. The highest BCUT2D eigenvalue weighted by molar-refractivity contribution is 5.85. The molecule has 2 aromatic rings. The molecule has 3 rings (SSSR count). The van der Waals surface area contributed by atoms with Crippen LogP contribution in [0.25, 0.3) is 0 Å². The quantitative estimate of drug-likeness (QED) is 0.935. The van der Waals surface area contributed by atoms with Crippen LogP contribution < -0.4 is 11.0 Å². The first-order valence-electron chi connectivity index (χ1n) is 7.14. The summed E-state index contributed by atoms with van der Waals surface area (Å²) in [5.41, 5.74) is 1.10. The molecular formula is C15H21ClN4O. The molecule has 1 unspecified atom stereocenters. The monoisotopic (exact) mass is 308 g/mol. The lowest BCUT2D eigenvalue weighted by Crippen LogP contribution is -2.31. The molecule has 0 saturated carbocycles. The second-order valence-corrected chi connectivity index (χ2v) is 5.38. The molecule has 0 aliphatic carbocycles. The SMILES string of the molecule is Cl.Cn1nc(C2CCCNC2)n(Cc2ccccc2)c1=O. The number of hydrogen-bond donors (Lipinski definition) is 1. The normalized spacial score (nSPS) is 18.2. The van der Waals surface area contributed by atoms with Gasteiger partial charge >= 0.3 is 5.69 Å². The summed E-state index contributed by atoms with van der Waals surface area (Å²) in [5, 5.41) is 7.85. The molecule has 1 N–H and O–H groups in total. The van der Waals surface area contributed by atoms with Gasteiger partial charge in [-0.2, -0.15) is 5.10 Å². The largest absolute Gasteiger partial charge is 0.345 e. The lowest BCUT2D eigenvalue weighted by molar-refractivity contribution is 0.433. The van der Waals surface area contributed by atoms with E-state index in [1.165, 1.54) is 4.68 Å². The Morgan fingerprint density at radius 1 is 1.33 bits per heavy atom. The van der Waals surface area contributed by atoms with Crippen molar-refractivity contribution in [3.05, 3.63) is 52.2 Å². The standard InChI is InChI=1S/C15H20N4O.ClH/c1-18-15(20)19(11-12-6-3-2-4-7-12)14(17-18)13-8-5-9-16-10-13;/h2-4,6-7,13,16H,5,8-11H2,1H3;1H. The van der Waals surface area contributed by atoms with Crippen molar-refractivity contribution in [3.63, 3.8) is 0 Å². The summed E-state index contributed by atoms with van der Waals surface area (Å²) in [7, 11) is 1.73. The fourth-order valence-corrected chi connectivity index (χ4v) is 2.81. The van der Waals surface area contributed by atoms with Crippen LogP contribution in [0.4, 0.5) is 0 Å². The number of aryl methyl sites for hydroxylation is 1.